The molecule has 5 aliphatic heterocycles. The lowest BCUT2D eigenvalue weighted by atomic mass is 10.0. The zero-order chi connectivity index (χ0) is 69.7. The number of amides is 9. The van der Waals surface area contributed by atoms with Gasteiger partial charge in [0.2, 0.25) is 35.4 Å². The first-order chi connectivity index (χ1) is 47.7. The highest BCUT2D eigenvalue weighted by atomic mass is 16.6. The number of hydrogen-bond donors (Lipinski definition) is 6. The van der Waals surface area contributed by atoms with E-state index in [1.807, 2.05) is 53.6 Å². The number of hydrogen-bond acceptors (Lipinski definition) is 16. The Hall–Kier alpha value is -10.5. The van der Waals surface area contributed by atoms with Crippen LogP contribution in [0, 0.1) is 28.6 Å². The molecular weight excluding hydrogens is 1270 g/mol. The molecule has 2 saturated heterocycles. The number of carbonyl (C=O) groups excluding carboxylic acids is 9. The van der Waals surface area contributed by atoms with Gasteiger partial charge in [-0.3, -0.25) is 43.3 Å². The quantitative estimate of drug-likeness (QED) is 0.0252. The number of rotatable bonds is 25. The minimum atomic E-state index is -1.47. The summed E-state index contributed by atoms with van der Waals surface area (Å²) >= 11 is 0. The molecular formula is C74H82N10O15. The van der Waals surface area contributed by atoms with Crippen LogP contribution in [0.15, 0.2) is 102 Å². The number of methoxy groups -OCH3 is 2. The van der Waals surface area contributed by atoms with Gasteiger partial charge in [-0.2, -0.15) is 0 Å². The second kappa shape index (κ2) is 29.3. The Balaban J connectivity index is 0.590. The van der Waals surface area contributed by atoms with Crippen LogP contribution in [0.2, 0.25) is 0 Å². The summed E-state index contributed by atoms with van der Waals surface area (Å²) in [6.07, 6.45) is 6.66. The Morgan fingerprint density at radius 2 is 1.28 bits per heavy atom. The van der Waals surface area contributed by atoms with E-state index in [-0.39, 0.29) is 89.9 Å². The van der Waals surface area contributed by atoms with Crippen molar-refractivity contribution in [1.82, 2.24) is 31.1 Å². The second-order valence-electron chi connectivity index (χ2n) is 27.0. The van der Waals surface area contributed by atoms with Crippen LogP contribution in [0.3, 0.4) is 0 Å². The van der Waals surface area contributed by atoms with E-state index in [1.165, 1.54) is 26.2 Å². The molecule has 5 aromatic carbocycles. The number of aliphatic hydroxyl groups excluding tert-OH is 1. The molecule has 5 heterocycles. The van der Waals surface area contributed by atoms with E-state index in [9.17, 15) is 48.3 Å². The van der Waals surface area contributed by atoms with Gasteiger partial charge in [0.1, 0.15) is 18.7 Å². The monoisotopic (exact) mass is 1350 g/mol. The number of fused-ring (bicyclic) bond motifs is 6. The third-order valence-electron chi connectivity index (χ3n) is 19.5. The summed E-state index contributed by atoms with van der Waals surface area (Å²) in [6.45, 7) is 5.67. The van der Waals surface area contributed by atoms with Crippen LogP contribution in [0.5, 0.6) is 23.0 Å². The zero-order valence-corrected chi connectivity index (χ0v) is 56.1. The summed E-state index contributed by atoms with van der Waals surface area (Å²) in [7, 11) is 3.01. The van der Waals surface area contributed by atoms with Crippen molar-refractivity contribution < 1.29 is 71.9 Å². The van der Waals surface area contributed by atoms with Gasteiger partial charge in [-0.1, -0.05) is 68.2 Å². The summed E-state index contributed by atoms with van der Waals surface area (Å²) in [5, 5.41) is 25.0. The number of nitrogens with zero attached hydrogens (tertiary/aromatic N) is 5. The summed E-state index contributed by atoms with van der Waals surface area (Å²) in [6, 6.07) is 24.9. The number of aliphatic imine (C=N–C) groups is 1. The predicted octanol–water partition coefficient (Wildman–Crippen LogP) is 7.06. The van der Waals surface area contributed by atoms with Gasteiger partial charge >= 0.3 is 6.09 Å². The van der Waals surface area contributed by atoms with Crippen molar-refractivity contribution in [2.75, 3.05) is 68.7 Å². The fraction of sp³-hybridized carbons (Fsp3) is 0.432. The molecule has 0 radical (unpaired) electrons. The van der Waals surface area contributed by atoms with E-state index in [4.69, 9.17) is 28.7 Å². The van der Waals surface area contributed by atoms with Crippen molar-refractivity contribution in [2.24, 2.45) is 21.7 Å². The van der Waals surface area contributed by atoms with Crippen molar-refractivity contribution in [3.63, 3.8) is 0 Å². The molecule has 2 saturated carbocycles. The first-order valence-corrected chi connectivity index (χ1v) is 33.7. The van der Waals surface area contributed by atoms with Gasteiger partial charge in [0.25, 0.3) is 11.8 Å². The van der Waals surface area contributed by atoms with Crippen molar-refractivity contribution >= 4 is 82.3 Å². The average molecular weight is 1350 g/mol. The number of para-hydroxylation sites is 1. The molecule has 7 aliphatic rings. The topological polar surface area (TPSA) is 305 Å². The molecule has 12 rings (SSSR count). The third-order valence-corrected chi connectivity index (χ3v) is 19.5. The van der Waals surface area contributed by atoms with Crippen LogP contribution >= 0.6 is 0 Å². The highest BCUT2D eigenvalue weighted by Gasteiger charge is 2.58. The van der Waals surface area contributed by atoms with E-state index in [1.54, 1.807) is 73.2 Å². The molecule has 9 amide bonds. The number of nitrogens with one attached hydrogen (secondary N) is 5. The first-order valence-electron chi connectivity index (χ1n) is 33.7. The molecule has 1 unspecified atom stereocenters. The molecule has 0 aromatic heterocycles. The molecule has 518 valence electrons. The molecule has 5 aromatic rings. The Bertz CT molecular complexity index is 4100. The second-order valence-corrected chi connectivity index (χ2v) is 27.0. The minimum Gasteiger partial charge on any atom is -0.493 e. The fourth-order valence-corrected chi connectivity index (χ4v) is 13.5. The normalized spacial score (nSPS) is 18.9. The number of aliphatic hydroxyl groups is 1. The van der Waals surface area contributed by atoms with E-state index in [0.29, 0.717) is 84.1 Å². The standard InChI is InChI=1S/C74H82N10O15/c1-44(2)66(80-64(87)39-77-63(86)38-76-62(85)23-24-65(88)81-40-49-15-8-7-13-47(49)19-20-48-14-9-10-16-55(48)81)68(90)78-45(3)67(89)79-50-21-17-46(18-22-50)41-99-72(94)84-56-34-61(59(96-5)32-53(56)70(92)83-43-74(27-28-74)36-57(83)71(84)93)98-30-12-6-11-29-97-60-33-54-52(31-58(60)95-4)69(91)82-42-73(25-26-73)35-51(82)37-75-54/h7-10,13-18,21-22,31-34,37,44-45,51,57,66,71,93H,6,11-12,23-30,35-36,38-43H2,1-5H3,(H,76,85)(H,77,86)(H,78,90)(H,79,89)(H,80,87)/t45-,51-,57-,66-,71?/m0/s1. The lowest BCUT2D eigenvalue weighted by Crippen LogP contribution is -2.55. The summed E-state index contributed by atoms with van der Waals surface area (Å²) < 4.78 is 29.8. The van der Waals surface area contributed by atoms with Gasteiger partial charge in [-0.05, 0) is 135 Å². The van der Waals surface area contributed by atoms with Crippen LogP contribution in [0.4, 0.5) is 27.5 Å². The van der Waals surface area contributed by atoms with Crippen LogP contribution in [-0.2, 0) is 46.7 Å². The Morgan fingerprint density at radius 3 is 1.99 bits per heavy atom. The van der Waals surface area contributed by atoms with Crippen LogP contribution in [-0.4, -0.2) is 158 Å². The van der Waals surface area contributed by atoms with Crippen molar-refractivity contribution in [3.05, 3.63) is 130 Å². The molecule has 4 fully saturated rings. The maximum absolute atomic E-state index is 14.4. The van der Waals surface area contributed by atoms with Crippen molar-refractivity contribution in [1.29, 1.82) is 0 Å². The Kier molecular flexibility index (Phi) is 20.3. The van der Waals surface area contributed by atoms with Crippen molar-refractivity contribution in [2.45, 2.75) is 135 Å². The molecule has 25 heteroatoms. The largest absolute Gasteiger partial charge is 0.493 e. The van der Waals surface area contributed by atoms with Crippen molar-refractivity contribution in [3.8, 4) is 34.8 Å². The molecule has 2 aliphatic carbocycles. The Labute approximate surface area is 573 Å². The first kappa shape index (κ1) is 68.5. The van der Waals surface area contributed by atoms with E-state index in [2.05, 4.69) is 38.4 Å². The highest BCUT2D eigenvalue weighted by Crippen LogP contribution is 2.58. The number of carbonyl (C=O) groups is 9. The highest BCUT2D eigenvalue weighted by molar-refractivity contribution is 6.07. The average Bonchev–Trinajstić information content (AvgIpc) is 1.58. The molecule has 99 heavy (non-hydrogen) atoms. The zero-order valence-electron chi connectivity index (χ0n) is 56.1. The van der Waals surface area contributed by atoms with Gasteiger partial charge in [0.05, 0.1) is 87.3 Å². The van der Waals surface area contributed by atoms with Crippen LogP contribution < -0.4 is 55.3 Å². The maximum Gasteiger partial charge on any atom is 0.416 e. The Morgan fingerprint density at radius 1 is 0.657 bits per heavy atom. The third kappa shape index (κ3) is 15.5. The van der Waals surface area contributed by atoms with E-state index >= 15 is 0 Å². The minimum absolute atomic E-state index is 0.0155. The SMILES string of the molecule is COc1cc2c(cc1OCCCCCOc1cc3c(cc1OC)C(=O)N1CC4(CC4)C[C@H]1C(O)N3C(=O)OCc1ccc(NC(=O)[C@H](C)NC(=O)[C@@H](NC(=O)CNC(=O)CNC(=O)CCC(=O)N3Cc4ccccc4C#Cc4ccccc43)C(C)C)cc1)N=C[C@@H]1CC3(CC3)CN1C2=O. The van der Waals surface area contributed by atoms with Gasteiger partial charge < -0.3 is 70.1 Å². The number of unbranched alkanes of at least 4 members (excludes halogenated alkanes) is 2. The van der Waals surface area contributed by atoms with Gasteiger partial charge in [-0.25, -0.2) is 9.69 Å². The van der Waals surface area contributed by atoms with Gasteiger partial charge in [-0.15, -0.1) is 0 Å². The summed E-state index contributed by atoms with van der Waals surface area (Å²) in [5.41, 5.74) is 5.25. The van der Waals surface area contributed by atoms with E-state index in [0.717, 1.165) is 54.7 Å². The number of ether oxygens (including phenoxy) is 5. The smallest absolute Gasteiger partial charge is 0.416 e. The van der Waals surface area contributed by atoms with E-state index < -0.39 is 79.0 Å². The molecule has 0 bridgehead atoms. The summed E-state index contributed by atoms with van der Waals surface area (Å²) in [5.74, 6) is 3.48. The number of benzene rings is 5. The fourth-order valence-electron chi connectivity index (χ4n) is 13.5. The maximum atomic E-state index is 14.4. The molecule has 6 N–H and O–H groups in total. The number of anilines is 3. The molecule has 25 nitrogen and oxygen atoms in total. The lowest BCUT2D eigenvalue weighted by Gasteiger charge is -2.31. The summed E-state index contributed by atoms with van der Waals surface area (Å²) in [4.78, 5) is 133. The molecule has 5 atom stereocenters. The van der Waals surface area contributed by atoms with Crippen LogP contribution in [0.25, 0.3) is 0 Å². The van der Waals surface area contributed by atoms with Gasteiger partial charge in [0.15, 0.2) is 29.2 Å². The lowest BCUT2D eigenvalue weighted by molar-refractivity contribution is -0.132. The van der Waals surface area contributed by atoms with Gasteiger partial charge in [0, 0.05) is 61.1 Å². The predicted molar refractivity (Wildman–Crippen MR) is 365 cm³/mol. The molecule has 2 spiro atoms. The van der Waals surface area contributed by atoms with Crippen LogP contribution in [0.1, 0.15) is 134 Å².